The molecular weight excluding hydrogens is 252 g/mol. The average Bonchev–Trinajstić information content (AvgIpc) is 2.81. The smallest absolute Gasteiger partial charge is 0.243 e. The van der Waals surface area contributed by atoms with Gasteiger partial charge in [0, 0.05) is 31.0 Å². The fraction of sp³-hybridized carbons (Fsp3) is 0.182. The van der Waals surface area contributed by atoms with Crippen LogP contribution in [0.2, 0.25) is 0 Å². The van der Waals surface area contributed by atoms with Crippen LogP contribution in [0.25, 0.3) is 0 Å². The highest BCUT2D eigenvalue weighted by molar-refractivity contribution is 7.89. The molecule has 0 bridgehead atoms. The van der Waals surface area contributed by atoms with Crippen molar-refractivity contribution in [1.82, 2.24) is 14.5 Å². The first-order valence-corrected chi connectivity index (χ1v) is 6.73. The molecule has 0 atom stereocenters. The Balaban J connectivity index is 2.25. The number of nitrogen functional groups attached to an aromatic ring is 1. The monoisotopic (exact) mass is 266 g/mol. The number of rotatable bonds is 4. The van der Waals surface area contributed by atoms with Gasteiger partial charge in [-0.3, -0.25) is 5.10 Å². The number of aromatic nitrogens is 2. The van der Waals surface area contributed by atoms with Crippen molar-refractivity contribution in [3.8, 4) is 0 Å². The average molecular weight is 266 g/mol. The molecule has 0 aliphatic heterocycles. The number of benzene rings is 1. The Bertz CT molecular complexity index is 622. The Hall–Kier alpha value is -1.86. The van der Waals surface area contributed by atoms with Crippen molar-refractivity contribution in [2.45, 2.75) is 11.4 Å². The molecule has 0 fully saturated rings. The molecule has 6 nitrogen and oxygen atoms in total. The maximum atomic E-state index is 12.3. The van der Waals surface area contributed by atoms with Crippen LogP contribution in [0.4, 0.5) is 5.69 Å². The summed E-state index contributed by atoms with van der Waals surface area (Å²) in [7, 11) is -2.01. The molecule has 2 aromatic rings. The van der Waals surface area contributed by atoms with E-state index in [9.17, 15) is 8.42 Å². The summed E-state index contributed by atoms with van der Waals surface area (Å²) in [5.41, 5.74) is 6.81. The summed E-state index contributed by atoms with van der Waals surface area (Å²) in [4.78, 5) is 0.188. The van der Waals surface area contributed by atoms with Crippen molar-refractivity contribution in [2.75, 3.05) is 12.8 Å². The van der Waals surface area contributed by atoms with Gasteiger partial charge in [-0.05, 0) is 18.2 Å². The molecule has 2 rings (SSSR count). The van der Waals surface area contributed by atoms with Crippen LogP contribution < -0.4 is 5.73 Å². The van der Waals surface area contributed by atoms with Gasteiger partial charge in [-0.25, -0.2) is 8.42 Å². The molecule has 0 aliphatic carbocycles. The van der Waals surface area contributed by atoms with Crippen molar-refractivity contribution < 1.29 is 8.42 Å². The van der Waals surface area contributed by atoms with Crippen molar-refractivity contribution in [2.24, 2.45) is 0 Å². The maximum Gasteiger partial charge on any atom is 0.243 e. The summed E-state index contributed by atoms with van der Waals surface area (Å²) < 4.78 is 25.8. The van der Waals surface area contributed by atoms with Gasteiger partial charge in [-0.1, -0.05) is 6.07 Å². The zero-order chi connectivity index (χ0) is 13.2. The highest BCUT2D eigenvalue weighted by Crippen LogP contribution is 2.18. The Morgan fingerprint density at radius 1 is 1.44 bits per heavy atom. The quantitative estimate of drug-likeness (QED) is 0.801. The first-order chi connectivity index (χ1) is 8.50. The first-order valence-electron chi connectivity index (χ1n) is 5.29. The third-order valence-corrected chi connectivity index (χ3v) is 4.33. The molecule has 0 spiro atoms. The zero-order valence-electron chi connectivity index (χ0n) is 9.87. The number of H-pyrrole nitrogens is 1. The first kappa shape index (κ1) is 12.6. The van der Waals surface area contributed by atoms with Crippen LogP contribution in [0, 0.1) is 0 Å². The normalized spacial score (nSPS) is 11.9. The molecule has 96 valence electrons. The van der Waals surface area contributed by atoms with Crippen molar-refractivity contribution in [3.05, 3.63) is 42.2 Å². The Labute approximate surface area is 105 Å². The summed E-state index contributed by atoms with van der Waals surface area (Å²) in [5.74, 6) is 0. The third-order valence-electron chi connectivity index (χ3n) is 2.53. The Morgan fingerprint density at radius 3 is 2.83 bits per heavy atom. The van der Waals surface area contributed by atoms with E-state index < -0.39 is 10.0 Å². The second kappa shape index (κ2) is 4.79. The van der Waals surface area contributed by atoms with E-state index in [1.54, 1.807) is 24.5 Å². The minimum absolute atomic E-state index is 0.188. The van der Waals surface area contributed by atoms with Gasteiger partial charge in [0.1, 0.15) is 0 Å². The van der Waals surface area contributed by atoms with Gasteiger partial charge in [0.15, 0.2) is 0 Å². The van der Waals surface area contributed by atoms with E-state index in [2.05, 4.69) is 10.2 Å². The lowest BCUT2D eigenvalue weighted by molar-refractivity contribution is 0.467. The van der Waals surface area contributed by atoms with Crippen LogP contribution in [0.5, 0.6) is 0 Å². The predicted molar refractivity (Wildman–Crippen MR) is 68.1 cm³/mol. The SMILES string of the molecule is CN(Cc1cn[nH]c1)S(=O)(=O)c1cccc(N)c1. The van der Waals surface area contributed by atoms with E-state index in [4.69, 9.17) is 5.73 Å². The fourth-order valence-electron chi connectivity index (χ4n) is 1.56. The second-order valence-corrected chi connectivity index (χ2v) is 5.99. The molecular formula is C11H14N4O2S. The summed E-state index contributed by atoms with van der Waals surface area (Å²) in [6.45, 7) is 0.258. The number of hydrogen-bond donors (Lipinski definition) is 2. The van der Waals surface area contributed by atoms with Gasteiger partial charge in [0.2, 0.25) is 10.0 Å². The van der Waals surface area contributed by atoms with Gasteiger partial charge < -0.3 is 5.73 Å². The minimum atomic E-state index is -3.53. The van der Waals surface area contributed by atoms with E-state index >= 15 is 0 Å². The van der Waals surface area contributed by atoms with Crippen molar-refractivity contribution >= 4 is 15.7 Å². The van der Waals surface area contributed by atoms with E-state index in [1.807, 2.05) is 0 Å². The highest BCUT2D eigenvalue weighted by Gasteiger charge is 2.21. The van der Waals surface area contributed by atoms with Crippen LogP contribution in [0.15, 0.2) is 41.6 Å². The van der Waals surface area contributed by atoms with Crippen LogP contribution in [0.1, 0.15) is 5.56 Å². The van der Waals surface area contributed by atoms with Gasteiger partial charge >= 0.3 is 0 Å². The number of sulfonamides is 1. The van der Waals surface area contributed by atoms with E-state index in [0.29, 0.717) is 5.69 Å². The highest BCUT2D eigenvalue weighted by atomic mass is 32.2. The summed E-state index contributed by atoms with van der Waals surface area (Å²) in [5, 5.41) is 6.42. The second-order valence-electron chi connectivity index (χ2n) is 3.94. The Kier molecular flexibility index (Phi) is 3.35. The van der Waals surface area contributed by atoms with Crippen molar-refractivity contribution in [1.29, 1.82) is 0 Å². The number of nitrogens with zero attached hydrogens (tertiary/aromatic N) is 2. The fourth-order valence-corrected chi connectivity index (χ4v) is 2.78. The molecule has 1 heterocycles. The molecule has 0 unspecified atom stereocenters. The van der Waals surface area contributed by atoms with Gasteiger partial charge in [0.05, 0.1) is 11.1 Å². The van der Waals surface area contributed by atoms with E-state index in [1.165, 1.54) is 23.5 Å². The summed E-state index contributed by atoms with van der Waals surface area (Å²) >= 11 is 0. The minimum Gasteiger partial charge on any atom is -0.399 e. The number of hydrogen-bond acceptors (Lipinski definition) is 4. The van der Waals surface area contributed by atoms with Gasteiger partial charge in [0.25, 0.3) is 0 Å². The lowest BCUT2D eigenvalue weighted by atomic mass is 10.3. The number of nitrogens with two attached hydrogens (primary N) is 1. The lowest BCUT2D eigenvalue weighted by Gasteiger charge is -2.16. The molecule has 3 N–H and O–H groups in total. The summed E-state index contributed by atoms with van der Waals surface area (Å²) in [6.07, 6.45) is 3.25. The van der Waals surface area contributed by atoms with Crippen LogP contribution in [-0.4, -0.2) is 30.0 Å². The van der Waals surface area contributed by atoms with Crippen LogP contribution in [-0.2, 0) is 16.6 Å². The molecule has 1 aromatic heterocycles. The van der Waals surface area contributed by atoms with E-state index in [-0.39, 0.29) is 11.4 Å². The van der Waals surface area contributed by atoms with Gasteiger partial charge in [-0.2, -0.15) is 9.40 Å². The van der Waals surface area contributed by atoms with Gasteiger partial charge in [-0.15, -0.1) is 0 Å². The topological polar surface area (TPSA) is 92.1 Å². The molecule has 0 aliphatic rings. The molecule has 0 amide bonds. The number of anilines is 1. The lowest BCUT2D eigenvalue weighted by Crippen LogP contribution is -2.26. The molecule has 0 saturated carbocycles. The van der Waals surface area contributed by atoms with Crippen molar-refractivity contribution in [3.63, 3.8) is 0 Å². The zero-order valence-corrected chi connectivity index (χ0v) is 10.7. The Morgan fingerprint density at radius 2 is 2.22 bits per heavy atom. The van der Waals surface area contributed by atoms with Crippen LogP contribution >= 0.6 is 0 Å². The molecule has 0 radical (unpaired) electrons. The predicted octanol–water partition coefficient (Wildman–Crippen LogP) is 0.813. The van der Waals surface area contributed by atoms with E-state index in [0.717, 1.165) is 5.56 Å². The largest absolute Gasteiger partial charge is 0.399 e. The molecule has 18 heavy (non-hydrogen) atoms. The standard InChI is InChI=1S/C11H14N4O2S/c1-15(8-9-6-13-14-7-9)18(16,17)11-4-2-3-10(12)5-11/h2-7H,8,12H2,1H3,(H,13,14). The maximum absolute atomic E-state index is 12.3. The molecule has 0 saturated heterocycles. The van der Waals surface area contributed by atoms with Crippen LogP contribution in [0.3, 0.4) is 0 Å². The third kappa shape index (κ3) is 2.52. The molecule has 1 aromatic carbocycles. The summed E-state index contributed by atoms with van der Waals surface area (Å²) in [6, 6.07) is 6.24. The number of aromatic amines is 1. The molecule has 7 heteroatoms. The number of nitrogens with one attached hydrogen (secondary N) is 1.